The second-order valence-electron chi connectivity index (χ2n) is 15.6. The molecule has 0 amide bonds. The summed E-state index contributed by atoms with van der Waals surface area (Å²) in [6, 6.07) is 30.4. The van der Waals surface area contributed by atoms with Crippen LogP contribution < -0.4 is 4.74 Å². The van der Waals surface area contributed by atoms with Crippen molar-refractivity contribution >= 4 is 68.9 Å². The molecule has 55 heavy (non-hydrogen) atoms. The molecule has 0 radical (unpaired) electrons. The van der Waals surface area contributed by atoms with Gasteiger partial charge in [-0.05, 0) is 18.2 Å². The van der Waals surface area contributed by atoms with Crippen molar-refractivity contribution in [2.75, 3.05) is 55.4 Å². The average Bonchev–Trinajstić information content (AvgIpc) is 3.82. The molecular weight excluding hydrogens is 785 g/mol. The number of rotatable bonds is 6. The first-order valence-electron chi connectivity index (χ1n) is 17.5. The van der Waals surface area contributed by atoms with E-state index in [1.165, 1.54) is 0 Å². The number of fused-ring (bicyclic) bond motifs is 20. The van der Waals surface area contributed by atoms with Gasteiger partial charge >= 0.3 is 19.5 Å². The predicted octanol–water partition coefficient (Wildman–Crippen LogP) is 7.87. The topological polar surface area (TPSA) is 118 Å². The van der Waals surface area contributed by atoms with Crippen LogP contribution in [0.1, 0.15) is 0 Å². The zero-order valence-corrected chi connectivity index (χ0v) is 36.3. The van der Waals surface area contributed by atoms with Gasteiger partial charge in [0.1, 0.15) is 41.4 Å². The van der Waals surface area contributed by atoms with Gasteiger partial charge in [-0.3, -0.25) is 0 Å². The number of aromatic amines is 2. The smallest absolute Gasteiger partial charge is 0.479 e. The zero-order valence-electron chi connectivity index (χ0n) is 31.7. The summed E-state index contributed by atoms with van der Waals surface area (Å²) in [4.78, 5) is 37.6. The number of H-pyrrole nitrogens is 2. The van der Waals surface area contributed by atoms with Crippen molar-refractivity contribution in [2.45, 2.75) is 6.10 Å². The number of nitrogens with one attached hydrogen (secondary N) is 2. The van der Waals surface area contributed by atoms with Gasteiger partial charge in [-0.2, -0.15) is 0 Å². The number of hydrogen-bond acceptors (Lipinski definition) is 7. The van der Waals surface area contributed by atoms with Crippen LogP contribution in [0.2, 0.25) is 0 Å². The minimum absolute atomic E-state index is 0. The molecule has 14 heteroatoms. The minimum atomic E-state index is -0.0128. The first-order valence-corrected chi connectivity index (χ1v) is 17.5. The van der Waals surface area contributed by atoms with Crippen molar-refractivity contribution in [3.63, 3.8) is 0 Å². The molecule has 2 N–H and O–H groups in total. The van der Waals surface area contributed by atoms with Crippen LogP contribution in [0.3, 0.4) is 0 Å². The number of hydrogen-bond donors (Lipinski definition) is 2. The van der Waals surface area contributed by atoms with E-state index in [0.29, 0.717) is 45.9 Å². The van der Waals surface area contributed by atoms with Crippen molar-refractivity contribution in [2.24, 2.45) is 0 Å². The SMILES string of the molecule is C[N+](C)(C)CC(C[N+](C)(C)C)Oc1ccc2c(c1)-c1nc3nc(nc4[nH]c(nc5[nH]c(nc-2n1)c1ccccc51)c1ccccc41)-c1ccccc1-3.Cl.Cl.[Zn+2]. The van der Waals surface area contributed by atoms with Crippen molar-refractivity contribution in [1.82, 2.24) is 39.9 Å². The van der Waals surface area contributed by atoms with Gasteiger partial charge in [0.25, 0.3) is 0 Å². The zero-order chi connectivity index (χ0) is 35.8. The molecule has 0 atom stereocenters. The van der Waals surface area contributed by atoms with Crippen molar-refractivity contribution in [3.05, 3.63) is 91.0 Å². The molecule has 2 aliphatic rings. The summed E-state index contributed by atoms with van der Waals surface area (Å²) in [5.41, 5.74) is 6.21. The molecule has 2 aliphatic heterocycles. The van der Waals surface area contributed by atoms with Crippen molar-refractivity contribution < 1.29 is 33.2 Å². The number of halogens is 2. The molecule has 4 aromatic carbocycles. The van der Waals surface area contributed by atoms with Crippen LogP contribution >= 0.6 is 24.8 Å². The van der Waals surface area contributed by atoms with E-state index >= 15 is 0 Å². The maximum absolute atomic E-state index is 6.76. The third kappa shape index (κ3) is 7.70. The number of quaternary nitrogens is 2. The maximum Gasteiger partial charge on any atom is 2.00 e. The molecule has 0 aliphatic carbocycles. The van der Waals surface area contributed by atoms with Crippen LogP contribution in [0.15, 0.2) is 91.0 Å². The summed E-state index contributed by atoms with van der Waals surface area (Å²) < 4.78 is 8.33. The first kappa shape index (κ1) is 39.8. The Morgan fingerprint density at radius 3 is 1.27 bits per heavy atom. The second-order valence-corrected chi connectivity index (χ2v) is 15.6. The van der Waals surface area contributed by atoms with Gasteiger partial charge in [0.05, 0.1) is 42.3 Å². The molecule has 11 nitrogen and oxygen atoms in total. The van der Waals surface area contributed by atoms with Crippen LogP contribution in [-0.4, -0.2) is 110 Å². The Morgan fingerprint density at radius 2 is 0.836 bits per heavy atom. The Morgan fingerprint density at radius 1 is 0.473 bits per heavy atom. The number of benzene rings is 4. The van der Waals surface area contributed by atoms with Crippen LogP contribution in [0, 0.1) is 0 Å². The summed E-state index contributed by atoms with van der Waals surface area (Å²) in [5, 5.41) is 3.80. The van der Waals surface area contributed by atoms with E-state index in [1.54, 1.807) is 0 Å². The molecule has 0 spiro atoms. The Labute approximate surface area is 344 Å². The van der Waals surface area contributed by atoms with Gasteiger partial charge in [-0.15, -0.1) is 24.8 Å². The molecule has 274 valence electrons. The second kappa shape index (κ2) is 15.0. The number of aromatic nitrogens is 8. The van der Waals surface area contributed by atoms with E-state index < -0.39 is 0 Å². The fraction of sp³-hybridized carbons (Fsp3) is 0.220. The van der Waals surface area contributed by atoms with Crippen LogP contribution in [-0.2, 0) is 19.5 Å². The molecule has 8 bridgehead atoms. The largest absolute Gasteiger partial charge is 2.00 e. The van der Waals surface area contributed by atoms with E-state index in [-0.39, 0.29) is 50.4 Å². The number of nitrogens with zero attached hydrogens (tertiary/aromatic N) is 8. The standard InChI is InChI=1S/C41H40N10O.2ClH.Zn/c1-50(2,3)22-25(23-51(4,5)6)52-24-19-20-32-33(21-24)41-48-39-31-18-12-11-17-30(31)37(46-39)44-35-27-14-8-7-13-26(27)34(42-35)43-36-28-15-9-10-16-29(28)38(45-36)47-40(32)49-41;;;/h7-21,25H,22-23H2,1-6H3,(H2,42,43,44,45,46,47,48,49);2*1H;/q+2;;;+2. The fourth-order valence-corrected chi connectivity index (χ4v) is 7.24. The average molecular weight is 827 g/mol. The fourth-order valence-electron chi connectivity index (χ4n) is 7.24. The summed E-state index contributed by atoms with van der Waals surface area (Å²) in [5.74, 6) is 2.94. The van der Waals surface area contributed by atoms with Crippen LogP contribution in [0.5, 0.6) is 5.75 Å². The molecular formula is C41H42Cl2N10OZn+4. The van der Waals surface area contributed by atoms with Gasteiger partial charge in [-0.1, -0.05) is 72.8 Å². The quantitative estimate of drug-likeness (QED) is 0.130. The first-order chi connectivity index (χ1) is 25.0. The van der Waals surface area contributed by atoms with E-state index in [4.69, 9.17) is 34.6 Å². The minimum Gasteiger partial charge on any atom is -0.479 e. The Hall–Kier alpha value is -4.84. The molecule has 0 fully saturated rings. The predicted molar refractivity (Wildman–Crippen MR) is 221 cm³/mol. The van der Waals surface area contributed by atoms with E-state index in [0.717, 1.165) is 71.6 Å². The van der Waals surface area contributed by atoms with Crippen LogP contribution in [0.4, 0.5) is 0 Å². The van der Waals surface area contributed by atoms with Crippen LogP contribution in [0.25, 0.3) is 89.7 Å². The Kier molecular flexibility index (Phi) is 10.9. The Bertz CT molecular complexity index is 2720. The third-order valence-electron chi connectivity index (χ3n) is 9.33. The van der Waals surface area contributed by atoms with Gasteiger partial charge in [0.2, 0.25) is 0 Å². The number of likely N-dealkylation sites (N-methyl/N-ethyl adjacent to an activating group) is 2. The third-order valence-corrected chi connectivity index (χ3v) is 9.33. The van der Waals surface area contributed by atoms with E-state index in [1.807, 2.05) is 72.8 Å². The van der Waals surface area contributed by atoms with E-state index in [2.05, 4.69) is 70.5 Å². The van der Waals surface area contributed by atoms with Gasteiger partial charge < -0.3 is 23.7 Å². The molecule has 9 rings (SSSR count). The summed E-state index contributed by atoms with van der Waals surface area (Å²) in [6.45, 7) is 1.70. The number of ether oxygens (including phenoxy) is 1. The summed E-state index contributed by atoms with van der Waals surface area (Å²) in [7, 11) is 13.2. The van der Waals surface area contributed by atoms with Gasteiger partial charge in [0.15, 0.2) is 29.4 Å². The molecule has 7 aromatic rings. The van der Waals surface area contributed by atoms with Crippen molar-refractivity contribution in [1.29, 1.82) is 0 Å². The molecule has 0 saturated carbocycles. The molecule has 5 heterocycles. The van der Waals surface area contributed by atoms with Gasteiger partial charge in [0, 0.05) is 43.8 Å². The summed E-state index contributed by atoms with van der Waals surface area (Å²) in [6.07, 6.45) is -0.0128. The maximum atomic E-state index is 6.76. The van der Waals surface area contributed by atoms with E-state index in [9.17, 15) is 0 Å². The van der Waals surface area contributed by atoms with Gasteiger partial charge in [-0.25, -0.2) is 29.9 Å². The normalized spacial score (nSPS) is 12.1. The molecule has 0 saturated heterocycles. The monoisotopic (exact) mass is 824 g/mol. The summed E-state index contributed by atoms with van der Waals surface area (Å²) >= 11 is 0. The van der Waals surface area contributed by atoms with Crippen molar-refractivity contribution in [3.8, 4) is 51.3 Å². The molecule has 0 unspecified atom stereocenters. The molecule has 3 aromatic heterocycles. The Balaban J connectivity index is 0.00000171.